The van der Waals surface area contributed by atoms with Gasteiger partial charge in [0.05, 0.1) is 23.0 Å². The Balaban J connectivity index is 1.25. The van der Waals surface area contributed by atoms with Crippen molar-refractivity contribution >= 4 is 16.6 Å². The van der Waals surface area contributed by atoms with E-state index < -0.39 is 0 Å². The molecule has 8 nitrogen and oxygen atoms in total. The fraction of sp³-hybridized carbons (Fsp3) is 0.200. The molecule has 2 aromatic carbocycles. The summed E-state index contributed by atoms with van der Waals surface area (Å²) in [5.41, 5.74) is 9.16. The molecule has 0 spiro atoms. The molecule has 2 bridgehead atoms. The number of nitrogens with one attached hydrogen (secondary N) is 2. The zero-order chi connectivity index (χ0) is 25.1. The van der Waals surface area contributed by atoms with Gasteiger partial charge in [-0.3, -0.25) is 15.0 Å². The number of aromatic amines is 1. The molecule has 6 heterocycles. The summed E-state index contributed by atoms with van der Waals surface area (Å²) in [5, 5.41) is 17.2. The van der Waals surface area contributed by atoms with E-state index in [1.807, 2.05) is 47.2 Å². The molecule has 38 heavy (non-hydrogen) atoms. The van der Waals surface area contributed by atoms with Crippen molar-refractivity contribution in [2.75, 3.05) is 13.1 Å². The zero-order valence-corrected chi connectivity index (χ0v) is 20.7. The van der Waals surface area contributed by atoms with Crippen LogP contribution in [0.3, 0.4) is 0 Å². The maximum Gasteiger partial charge on any atom is 0.164 e. The van der Waals surface area contributed by atoms with E-state index in [0.717, 1.165) is 69.8 Å². The monoisotopic (exact) mass is 498 g/mol. The molecule has 0 radical (unpaired) electrons. The lowest BCUT2D eigenvalue weighted by atomic mass is 9.99. The first-order valence-corrected chi connectivity index (χ1v) is 13.1. The summed E-state index contributed by atoms with van der Waals surface area (Å²) in [7, 11) is 0. The molecule has 6 aromatic rings. The van der Waals surface area contributed by atoms with E-state index >= 15 is 0 Å². The van der Waals surface area contributed by atoms with Crippen LogP contribution in [0.1, 0.15) is 12.0 Å². The molecule has 2 fully saturated rings. The third-order valence-electron chi connectivity index (χ3n) is 8.03. The highest BCUT2D eigenvalue weighted by Crippen LogP contribution is 2.39. The Hall–Kier alpha value is -4.40. The van der Waals surface area contributed by atoms with Gasteiger partial charge in [-0.15, -0.1) is 0 Å². The smallest absolute Gasteiger partial charge is 0.164 e. The van der Waals surface area contributed by atoms with Gasteiger partial charge in [-0.2, -0.15) is 10.2 Å². The highest BCUT2D eigenvalue weighted by atomic mass is 15.3. The standard InChI is InChI=1S/C30H26N8/c1-2-24(25-16-34-35-26(25)3-1)28-29(21-8-11-31-12-9-21)36-38-27(10-13-32-30(28)38)20-6-4-19(5-7-20)17-37-18-22-14-23(37)15-33-22/h1-13,16,22-23,33H,14-15,17-18H2,(H,34,35)/t22-,23+/m0/s1. The largest absolute Gasteiger partial charge is 0.311 e. The molecule has 2 aliphatic rings. The van der Waals surface area contributed by atoms with E-state index in [9.17, 15) is 0 Å². The molecule has 0 unspecified atom stereocenters. The number of hydrogen-bond donors (Lipinski definition) is 2. The Morgan fingerprint density at radius 3 is 2.63 bits per heavy atom. The number of fused-ring (bicyclic) bond motifs is 4. The second-order valence-corrected chi connectivity index (χ2v) is 10.3. The summed E-state index contributed by atoms with van der Waals surface area (Å²) in [4.78, 5) is 11.7. The molecule has 8 heteroatoms. The Morgan fingerprint density at radius 1 is 0.921 bits per heavy atom. The Kier molecular flexibility index (Phi) is 4.89. The fourth-order valence-electron chi connectivity index (χ4n) is 6.17. The van der Waals surface area contributed by atoms with Crippen LogP contribution in [-0.4, -0.2) is 59.9 Å². The molecule has 2 atom stereocenters. The number of hydrogen-bond acceptors (Lipinski definition) is 6. The Morgan fingerprint density at radius 2 is 1.82 bits per heavy atom. The average molecular weight is 499 g/mol. The molecular formula is C30H26N8. The predicted molar refractivity (Wildman–Crippen MR) is 147 cm³/mol. The molecule has 4 aromatic heterocycles. The van der Waals surface area contributed by atoms with Crippen LogP contribution < -0.4 is 5.32 Å². The molecule has 2 aliphatic heterocycles. The topological polar surface area (TPSA) is 87.0 Å². The predicted octanol–water partition coefficient (Wildman–Crippen LogP) is 4.55. The molecule has 0 aliphatic carbocycles. The van der Waals surface area contributed by atoms with Crippen LogP contribution in [0, 0.1) is 0 Å². The van der Waals surface area contributed by atoms with E-state index in [1.165, 1.54) is 12.0 Å². The van der Waals surface area contributed by atoms with Gasteiger partial charge in [-0.05, 0) is 41.8 Å². The summed E-state index contributed by atoms with van der Waals surface area (Å²) >= 11 is 0. The first kappa shape index (κ1) is 21.7. The van der Waals surface area contributed by atoms with E-state index in [2.05, 4.69) is 55.7 Å². The number of rotatable bonds is 5. The third-order valence-corrected chi connectivity index (χ3v) is 8.03. The van der Waals surface area contributed by atoms with Gasteiger partial charge >= 0.3 is 0 Å². The van der Waals surface area contributed by atoms with Crippen LogP contribution in [0.4, 0.5) is 0 Å². The first-order chi connectivity index (χ1) is 18.8. The highest BCUT2D eigenvalue weighted by molar-refractivity contribution is 6.02. The van der Waals surface area contributed by atoms with Crippen molar-refractivity contribution in [1.29, 1.82) is 0 Å². The van der Waals surface area contributed by atoms with Gasteiger partial charge < -0.3 is 5.32 Å². The van der Waals surface area contributed by atoms with Crippen molar-refractivity contribution in [3.63, 3.8) is 0 Å². The fourth-order valence-corrected chi connectivity index (χ4v) is 6.17. The molecule has 2 N–H and O–H groups in total. The number of likely N-dealkylation sites (tertiary alicyclic amines) is 1. The lowest BCUT2D eigenvalue weighted by Gasteiger charge is -2.27. The number of H-pyrrole nitrogens is 1. The van der Waals surface area contributed by atoms with Gasteiger partial charge in [-0.1, -0.05) is 36.4 Å². The lowest BCUT2D eigenvalue weighted by molar-refractivity contribution is 0.218. The van der Waals surface area contributed by atoms with Crippen LogP contribution in [0.5, 0.6) is 0 Å². The summed E-state index contributed by atoms with van der Waals surface area (Å²) in [6.07, 6.45) is 8.63. The molecule has 0 saturated carbocycles. The van der Waals surface area contributed by atoms with Gasteiger partial charge in [0.2, 0.25) is 0 Å². The maximum absolute atomic E-state index is 5.14. The van der Waals surface area contributed by atoms with Gasteiger partial charge in [0.15, 0.2) is 5.65 Å². The zero-order valence-electron chi connectivity index (χ0n) is 20.7. The van der Waals surface area contributed by atoms with Gasteiger partial charge in [0.1, 0.15) is 5.69 Å². The Labute approximate surface area is 219 Å². The van der Waals surface area contributed by atoms with Crippen molar-refractivity contribution in [3.8, 4) is 33.6 Å². The van der Waals surface area contributed by atoms with E-state index in [4.69, 9.17) is 10.1 Å². The van der Waals surface area contributed by atoms with Crippen LogP contribution in [0.2, 0.25) is 0 Å². The van der Waals surface area contributed by atoms with Crippen LogP contribution in [-0.2, 0) is 6.54 Å². The summed E-state index contributed by atoms with van der Waals surface area (Å²) in [6, 6.07) is 22.5. The minimum Gasteiger partial charge on any atom is -0.311 e. The van der Waals surface area contributed by atoms with Crippen LogP contribution >= 0.6 is 0 Å². The van der Waals surface area contributed by atoms with E-state index in [-0.39, 0.29) is 0 Å². The van der Waals surface area contributed by atoms with E-state index in [1.54, 1.807) is 12.4 Å². The van der Waals surface area contributed by atoms with Gasteiger partial charge in [0, 0.05) is 66.8 Å². The van der Waals surface area contributed by atoms with Crippen LogP contribution in [0.25, 0.3) is 50.2 Å². The minimum absolute atomic E-state index is 0.667. The number of piperazine rings is 1. The molecule has 8 rings (SSSR count). The van der Waals surface area contributed by atoms with Crippen molar-refractivity contribution in [1.82, 2.24) is 40.0 Å². The number of benzene rings is 2. The Bertz CT molecular complexity index is 1770. The second kappa shape index (κ2) is 8.58. The van der Waals surface area contributed by atoms with Gasteiger partial charge in [-0.25, -0.2) is 9.50 Å². The van der Waals surface area contributed by atoms with Crippen molar-refractivity contribution < 1.29 is 0 Å². The molecule has 186 valence electrons. The quantitative estimate of drug-likeness (QED) is 0.363. The highest BCUT2D eigenvalue weighted by Gasteiger charge is 2.37. The van der Waals surface area contributed by atoms with Gasteiger partial charge in [0.25, 0.3) is 0 Å². The normalized spacial score (nSPS) is 19.2. The third kappa shape index (κ3) is 3.45. The maximum atomic E-state index is 5.14. The SMILES string of the molecule is c1cc(-c2c(-c3ccncc3)nn3c(-c4ccc(CN5C[C@@H]6C[C@@H]5CN6)cc4)ccnc23)c2cn[nH]c2c1. The minimum atomic E-state index is 0.667. The summed E-state index contributed by atoms with van der Waals surface area (Å²) in [5.74, 6) is 0. The lowest BCUT2D eigenvalue weighted by Crippen LogP contribution is -2.42. The molecule has 0 amide bonds. The molecule has 2 saturated heterocycles. The molecular weight excluding hydrogens is 472 g/mol. The first-order valence-electron chi connectivity index (χ1n) is 13.1. The summed E-state index contributed by atoms with van der Waals surface area (Å²) < 4.78 is 1.98. The van der Waals surface area contributed by atoms with Crippen molar-refractivity contribution in [2.45, 2.75) is 25.0 Å². The summed E-state index contributed by atoms with van der Waals surface area (Å²) in [6.45, 7) is 3.27. The number of nitrogens with zero attached hydrogens (tertiary/aromatic N) is 6. The second-order valence-electron chi connectivity index (χ2n) is 10.3. The van der Waals surface area contributed by atoms with Crippen LogP contribution in [0.15, 0.2) is 85.5 Å². The number of pyridine rings is 1. The van der Waals surface area contributed by atoms with Crippen molar-refractivity contribution in [2.24, 2.45) is 0 Å². The van der Waals surface area contributed by atoms with E-state index in [0.29, 0.717) is 12.1 Å². The average Bonchev–Trinajstić information content (AvgIpc) is 3.77. The van der Waals surface area contributed by atoms with Crippen molar-refractivity contribution in [3.05, 3.63) is 91.0 Å². The number of aromatic nitrogens is 6.